The summed E-state index contributed by atoms with van der Waals surface area (Å²) in [5.74, 6) is -1.70. The summed E-state index contributed by atoms with van der Waals surface area (Å²) in [6.07, 6.45) is -6.85. The second-order valence-corrected chi connectivity index (χ2v) is 4.57. The second-order valence-electron chi connectivity index (χ2n) is 4.57. The summed E-state index contributed by atoms with van der Waals surface area (Å²) in [6, 6.07) is 3.55. The van der Waals surface area contributed by atoms with Crippen LogP contribution in [0.15, 0.2) is 24.3 Å². The standard InChI is InChI=1S/C13H15F3N2O3/c1-7(6-10(17)19)18-12(21)11(20)8-4-2-3-5-9(8)13(14,15)16/h2-5,7,11,20H,6H2,1H3,(H2,17,19)(H,18,21). The summed E-state index contributed by atoms with van der Waals surface area (Å²) in [4.78, 5) is 22.4. The second kappa shape index (κ2) is 6.57. The van der Waals surface area contributed by atoms with Crippen LogP contribution in [0.25, 0.3) is 0 Å². The molecule has 8 heteroatoms. The van der Waals surface area contributed by atoms with Gasteiger partial charge in [0.15, 0.2) is 6.10 Å². The Morgan fingerprint density at radius 3 is 2.43 bits per heavy atom. The molecule has 116 valence electrons. The van der Waals surface area contributed by atoms with Gasteiger partial charge in [-0.1, -0.05) is 18.2 Å². The van der Waals surface area contributed by atoms with Crippen LogP contribution in [0.5, 0.6) is 0 Å². The van der Waals surface area contributed by atoms with Crippen molar-refractivity contribution in [3.8, 4) is 0 Å². The first-order chi connectivity index (χ1) is 9.62. The number of aliphatic hydroxyl groups is 1. The predicted molar refractivity (Wildman–Crippen MR) is 67.8 cm³/mol. The van der Waals surface area contributed by atoms with E-state index in [0.717, 1.165) is 18.2 Å². The molecule has 1 aromatic rings. The van der Waals surface area contributed by atoms with Crippen molar-refractivity contribution in [3.05, 3.63) is 35.4 Å². The number of carbonyl (C=O) groups is 2. The zero-order chi connectivity index (χ0) is 16.2. The van der Waals surface area contributed by atoms with Gasteiger partial charge in [-0.05, 0) is 13.0 Å². The third-order valence-electron chi connectivity index (χ3n) is 2.71. The Bertz CT molecular complexity index is 532. The molecule has 0 radical (unpaired) electrons. The van der Waals surface area contributed by atoms with E-state index in [4.69, 9.17) is 5.73 Å². The van der Waals surface area contributed by atoms with Gasteiger partial charge in [-0.3, -0.25) is 9.59 Å². The first kappa shape index (κ1) is 17.0. The molecule has 0 heterocycles. The van der Waals surface area contributed by atoms with Crippen molar-refractivity contribution < 1.29 is 27.9 Å². The van der Waals surface area contributed by atoms with Gasteiger partial charge >= 0.3 is 6.18 Å². The maximum Gasteiger partial charge on any atom is 0.416 e. The molecule has 0 saturated carbocycles. The first-order valence-electron chi connectivity index (χ1n) is 6.05. The predicted octanol–water partition coefficient (Wildman–Crippen LogP) is 1.12. The molecular weight excluding hydrogens is 289 g/mol. The molecule has 0 spiro atoms. The van der Waals surface area contributed by atoms with E-state index in [-0.39, 0.29) is 6.42 Å². The van der Waals surface area contributed by atoms with E-state index in [1.165, 1.54) is 13.0 Å². The van der Waals surface area contributed by atoms with E-state index in [1.807, 2.05) is 0 Å². The fraction of sp³-hybridized carbons (Fsp3) is 0.385. The van der Waals surface area contributed by atoms with Gasteiger partial charge in [0.2, 0.25) is 5.91 Å². The summed E-state index contributed by atoms with van der Waals surface area (Å²) in [5, 5.41) is 12.0. The van der Waals surface area contributed by atoms with Crippen LogP contribution in [-0.2, 0) is 15.8 Å². The van der Waals surface area contributed by atoms with E-state index < -0.39 is 41.3 Å². The average molecular weight is 304 g/mol. The lowest BCUT2D eigenvalue weighted by atomic mass is 10.0. The number of hydrogen-bond donors (Lipinski definition) is 3. The average Bonchev–Trinajstić information content (AvgIpc) is 2.35. The highest BCUT2D eigenvalue weighted by atomic mass is 19.4. The molecule has 0 aliphatic rings. The molecule has 2 amide bonds. The number of aliphatic hydroxyl groups excluding tert-OH is 1. The molecule has 0 bridgehead atoms. The van der Waals surface area contributed by atoms with Crippen LogP contribution >= 0.6 is 0 Å². The number of primary amides is 1. The zero-order valence-corrected chi connectivity index (χ0v) is 11.1. The summed E-state index contributed by atoms with van der Waals surface area (Å²) in [7, 11) is 0. The van der Waals surface area contributed by atoms with E-state index in [9.17, 15) is 27.9 Å². The lowest BCUT2D eigenvalue weighted by Crippen LogP contribution is -2.39. The number of benzene rings is 1. The number of nitrogens with two attached hydrogens (primary N) is 1. The molecule has 1 aromatic carbocycles. The number of halogens is 3. The maximum absolute atomic E-state index is 12.8. The van der Waals surface area contributed by atoms with Gasteiger partial charge in [0, 0.05) is 18.0 Å². The molecule has 1 rings (SSSR count). The van der Waals surface area contributed by atoms with Crippen LogP contribution < -0.4 is 11.1 Å². The number of rotatable bonds is 5. The monoisotopic (exact) mass is 304 g/mol. The molecule has 0 saturated heterocycles. The van der Waals surface area contributed by atoms with Crippen molar-refractivity contribution in [2.24, 2.45) is 5.73 Å². The Balaban J connectivity index is 2.91. The first-order valence-corrected chi connectivity index (χ1v) is 6.05. The molecule has 2 unspecified atom stereocenters. The molecule has 5 nitrogen and oxygen atoms in total. The molecule has 0 aliphatic carbocycles. The maximum atomic E-state index is 12.8. The molecule has 0 fully saturated rings. The van der Waals surface area contributed by atoms with E-state index >= 15 is 0 Å². The number of carbonyl (C=O) groups excluding carboxylic acids is 2. The normalized spacial score (nSPS) is 14.3. The third kappa shape index (κ3) is 4.75. The van der Waals surface area contributed by atoms with Gasteiger partial charge in [0.05, 0.1) is 5.56 Å². The van der Waals surface area contributed by atoms with Gasteiger partial charge in [-0.25, -0.2) is 0 Å². The van der Waals surface area contributed by atoms with Gasteiger partial charge < -0.3 is 16.2 Å². The smallest absolute Gasteiger partial charge is 0.378 e. The molecule has 2 atom stereocenters. The summed E-state index contributed by atoms with van der Waals surface area (Å²) in [6.45, 7) is 1.45. The number of amides is 2. The minimum Gasteiger partial charge on any atom is -0.378 e. The van der Waals surface area contributed by atoms with Crippen molar-refractivity contribution >= 4 is 11.8 Å². The largest absolute Gasteiger partial charge is 0.416 e. The fourth-order valence-electron chi connectivity index (χ4n) is 1.81. The van der Waals surface area contributed by atoms with Gasteiger partial charge in [-0.15, -0.1) is 0 Å². The molecular formula is C13H15F3N2O3. The van der Waals surface area contributed by atoms with Crippen LogP contribution in [0.4, 0.5) is 13.2 Å². The fourth-order valence-corrected chi connectivity index (χ4v) is 1.81. The lowest BCUT2D eigenvalue weighted by Gasteiger charge is -2.19. The Hall–Kier alpha value is -2.09. The summed E-state index contributed by atoms with van der Waals surface area (Å²) in [5.41, 5.74) is 3.30. The van der Waals surface area contributed by atoms with Crippen LogP contribution in [-0.4, -0.2) is 23.0 Å². The Kier molecular flexibility index (Phi) is 5.31. The van der Waals surface area contributed by atoms with Crippen LogP contribution in [0.2, 0.25) is 0 Å². The highest BCUT2D eigenvalue weighted by Gasteiger charge is 2.36. The van der Waals surface area contributed by atoms with Crippen molar-refractivity contribution in [1.82, 2.24) is 5.32 Å². The van der Waals surface area contributed by atoms with Crippen molar-refractivity contribution in [3.63, 3.8) is 0 Å². The van der Waals surface area contributed by atoms with Crippen LogP contribution in [0.3, 0.4) is 0 Å². The lowest BCUT2D eigenvalue weighted by molar-refractivity contribution is -0.140. The highest BCUT2D eigenvalue weighted by Crippen LogP contribution is 2.34. The van der Waals surface area contributed by atoms with E-state index in [1.54, 1.807) is 0 Å². The quantitative estimate of drug-likeness (QED) is 0.761. The molecule has 21 heavy (non-hydrogen) atoms. The summed E-state index contributed by atoms with van der Waals surface area (Å²) >= 11 is 0. The Morgan fingerprint density at radius 1 is 1.33 bits per heavy atom. The van der Waals surface area contributed by atoms with Gasteiger partial charge in [-0.2, -0.15) is 13.2 Å². The van der Waals surface area contributed by atoms with Crippen LogP contribution in [0.1, 0.15) is 30.6 Å². The van der Waals surface area contributed by atoms with E-state index in [0.29, 0.717) is 0 Å². The minimum absolute atomic E-state index is 0.181. The number of hydrogen-bond acceptors (Lipinski definition) is 3. The molecule has 0 aromatic heterocycles. The van der Waals surface area contributed by atoms with E-state index in [2.05, 4.69) is 5.32 Å². The third-order valence-corrected chi connectivity index (χ3v) is 2.71. The van der Waals surface area contributed by atoms with Crippen molar-refractivity contribution in [1.29, 1.82) is 0 Å². The minimum atomic E-state index is -4.68. The number of alkyl halides is 3. The van der Waals surface area contributed by atoms with Crippen molar-refractivity contribution in [2.75, 3.05) is 0 Å². The SMILES string of the molecule is CC(CC(N)=O)NC(=O)C(O)c1ccccc1C(F)(F)F. The van der Waals surface area contributed by atoms with Gasteiger partial charge in [0.25, 0.3) is 5.91 Å². The molecule has 0 aliphatic heterocycles. The number of nitrogens with one attached hydrogen (secondary N) is 1. The Labute approximate surface area is 118 Å². The zero-order valence-electron chi connectivity index (χ0n) is 11.1. The topological polar surface area (TPSA) is 92.4 Å². The van der Waals surface area contributed by atoms with Crippen molar-refractivity contribution in [2.45, 2.75) is 31.7 Å². The summed E-state index contributed by atoms with van der Waals surface area (Å²) < 4.78 is 38.4. The van der Waals surface area contributed by atoms with Gasteiger partial charge in [0.1, 0.15) is 0 Å². The highest BCUT2D eigenvalue weighted by molar-refractivity contribution is 5.83. The van der Waals surface area contributed by atoms with Crippen LogP contribution in [0, 0.1) is 0 Å². The molecule has 4 N–H and O–H groups in total. The Morgan fingerprint density at radius 2 is 1.90 bits per heavy atom.